The first-order chi connectivity index (χ1) is 13.7. The monoisotopic (exact) mass is 406 g/mol. The predicted molar refractivity (Wildman–Crippen MR) is 104 cm³/mol. The summed E-state index contributed by atoms with van der Waals surface area (Å²) in [5.41, 5.74) is 6.03. The lowest BCUT2D eigenvalue weighted by Gasteiger charge is -2.38. The Bertz CT molecular complexity index is 912. The number of nitrogens with two attached hydrogens (primary N) is 1. The van der Waals surface area contributed by atoms with Crippen LogP contribution in [0, 0.1) is 17.8 Å². The SMILES string of the molecule is C[C@H]1C[C@@H](CC(=O)C(N)C2CC2)CN(c2ccc(C(F)(F)F)c3nccnc23)C1. The van der Waals surface area contributed by atoms with Crippen molar-refractivity contribution in [3.8, 4) is 0 Å². The highest BCUT2D eigenvalue weighted by Crippen LogP contribution is 2.39. The number of aromatic nitrogens is 2. The molecule has 0 radical (unpaired) electrons. The van der Waals surface area contributed by atoms with Crippen LogP contribution in [0.15, 0.2) is 24.5 Å². The van der Waals surface area contributed by atoms with Gasteiger partial charge in [-0.1, -0.05) is 6.92 Å². The molecule has 0 amide bonds. The van der Waals surface area contributed by atoms with E-state index in [4.69, 9.17) is 5.73 Å². The summed E-state index contributed by atoms with van der Waals surface area (Å²) in [6.07, 6.45) is 1.57. The van der Waals surface area contributed by atoms with Gasteiger partial charge in [-0.05, 0) is 49.1 Å². The molecule has 5 nitrogen and oxygen atoms in total. The van der Waals surface area contributed by atoms with Gasteiger partial charge < -0.3 is 10.6 Å². The maximum absolute atomic E-state index is 13.4. The summed E-state index contributed by atoms with van der Waals surface area (Å²) >= 11 is 0. The second-order valence-electron chi connectivity index (χ2n) is 8.53. The maximum atomic E-state index is 13.4. The van der Waals surface area contributed by atoms with Crippen LogP contribution in [0.25, 0.3) is 11.0 Å². The van der Waals surface area contributed by atoms with Gasteiger partial charge in [0.1, 0.15) is 16.8 Å². The molecule has 0 spiro atoms. The van der Waals surface area contributed by atoms with Gasteiger partial charge in [-0.25, -0.2) is 0 Å². The molecule has 1 saturated heterocycles. The largest absolute Gasteiger partial charge is 0.418 e. The number of piperidine rings is 1. The van der Waals surface area contributed by atoms with Crippen LogP contribution < -0.4 is 10.6 Å². The van der Waals surface area contributed by atoms with Crippen LogP contribution in [0.1, 0.15) is 38.2 Å². The molecule has 1 unspecified atom stereocenters. The van der Waals surface area contributed by atoms with Crippen molar-refractivity contribution in [3.63, 3.8) is 0 Å². The third-order valence-electron chi connectivity index (χ3n) is 5.99. The van der Waals surface area contributed by atoms with Crippen LogP contribution in [0.5, 0.6) is 0 Å². The predicted octanol–water partition coefficient (Wildman–Crippen LogP) is 3.81. The summed E-state index contributed by atoms with van der Waals surface area (Å²) in [5, 5.41) is 0. The first kappa shape index (κ1) is 20.1. The Kier molecular flexibility index (Phi) is 5.23. The Morgan fingerprint density at radius 3 is 2.55 bits per heavy atom. The van der Waals surface area contributed by atoms with Crippen molar-refractivity contribution in [1.29, 1.82) is 0 Å². The Morgan fingerprint density at radius 1 is 1.21 bits per heavy atom. The van der Waals surface area contributed by atoms with E-state index in [2.05, 4.69) is 16.9 Å². The van der Waals surface area contributed by atoms with Crippen LogP contribution in [0.3, 0.4) is 0 Å². The molecule has 1 aromatic carbocycles. The molecular weight excluding hydrogens is 381 g/mol. The van der Waals surface area contributed by atoms with Crippen molar-refractivity contribution < 1.29 is 18.0 Å². The molecule has 2 heterocycles. The maximum Gasteiger partial charge on any atom is 0.418 e. The number of rotatable bonds is 5. The van der Waals surface area contributed by atoms with E-state index in [0.29, 0.717) is 37.0 Å². The fraction of sp³-hybridized carbons (Fsp3) is 0.571. The topological polar surface area (TPSA) is 72.1 Å². The van der Waals surface area contributed by atoms with Gasteiger partial charge in [-0.2, -0.15) is 13.2 Å². The first-order valence-corrected chi connectivity index (χ1v) is 10.1. The highest BCUT2D eigenvalue weighted by molar-refractivity contribution is 5.91. The minimum atomic E-state index is -4.49. The van der Waals surface area contributed by atoms with E-state index in [1.54, 1.807) is 0 Å². The number of halogens is 3. The van der Waals surface area contributed by atoms with Crippen LogP contribution in [-0.2, 0) is 11.0 Å². The van der Waals surface area contributed by atoms with E-state index < -0.39 is 11.7 Å². The van der Waals surface area contributed by atoms with E-state index in [0.717, 1.165) is 25.3 Å². The van der Waals surface area contributed by atoms with Gasteiger partial charge in [0.25, 0.3) is 0 Å². The average molecular weight is 406 g/mol. The fourth-order valence-electron chi connectivity index (χ4n) is 4.49. The Balaban J connectivity index is 1.60. The highest BCUT2D eigenvalue weighted by atomic mass is 19.4. The zero-order valence-corrected chi connectivity index (χ0v) is 16.3. The number of alkyl halides is 3. The normalized spacial score (nSPS) is 24.0. The summed E-state index contributed by atoms with van der Waals surface area (Å²) in [6, 6.07) is 2.18. The summed E-state index contributed by atoms with van der Waals surface area (Å²) in [7, 11) is 0. The lowest BCUT2D eigenvalue weighted by Crippen LogP contribution is -2.42. The Labute approximate surface area is 167 Å². The van der Waals surface area contributed by atoms with Gasteiger partial charge in [0, 0.05) is 31.9 Å². The number of benzene rings is 1. The number of hydrogen-bond acceptors (Lipinski definition) is 5. The van der Waals surface area contributed by atoms with Gasteiger partial charge in [-0.3, -0.25) is 14.8 Å². The number of fused-ring (bicyclic) bond motifs is 1. The van der Waals surface area contributed by atoms with Crippen LogP contribution in [0.4, 0.5) is 18.9 Å². The van der Waals surface area contributed by atoms with Crippen molar-refractivity contribution >= 4 is 22.5 Å². The number of ketones is 1. The number of nitrogens with zero attached hydrogens (tertiary/aromatic N) is 3. The zero-order valence-electron chi connectivity index (χ0n) is 16.3. The third-order valence-corrected chi connectivity index (χ3v) is 5.99. The highest BCUT2D eigenvalue weighted by Gasteiger charge is 2.37. The molecule has 0 bridgehead atoms. The van der Waals surface area contributed by atoms with E-state index in [-0.39, 0.29) is 28.8 Å². The second kappa shape index (κ2) is 7.55. The molecule has 29 heavy (non-hydrogen) atoms. The van der Waals surface area contributed by atoms with E-state index in [1.165, 1.54) is 18.5 Å². The number of carbonyl (C=O) groups excluding carboxylic acids is 1. The average Bonchev–Trinajstić information content (AvgIpc) is 3.50. The molecule has 2 N–H and O–H groups in total. The van der Waals surface area contributed by atoms with Gasteiger partial charge in [0.15, 0.2) is 0 Å². The molecule has 4 rings (SSSR count). The van der Waals surface area contributed by atoms with Crippen molar-refractivity contribution in [2.75, 3.05) is 18.0 Å². The van der Waals surface area contributed by atoms with Crippen molar-refractivity contribution in [1.82, 2.24) is 9.97 Å². The van der Waals surface area contributed by atoms with Crippen molar-refractivity contribution in [3.05, 3.63) is 30.1 Å². The molecule has 1 aliphatic carbocycles. The van der Waals surface area contributed by atoms with Crippen LogP contribution in [-0.4, -0.2) is 34.9 Å². The molecular formula is C21H25F3N4O. The quantitative estimate of drug-likeness (QED) is 0.818. The lowest BCUT2D eigenvalue weighted by molar-refractivity contribution is -0.136. The summed E-state index contributed by atoms with van der Waals surface area (Å²) < 4.78 is 40.1. The van der Waals surface area contributed by atoms with Gasteiger partial charge in [0.2, 0.25) is 0 Å². The molecule has 2 aliphatic rings. The fourth-order valence-corrected chi connectivity index (χ4v) is 4.49. The minimum absolute atomic E-state index is 0.101. The molecule has 3 atom stereocenters. The van der Waals surface area contributed by atoms with Gasteiger partial charge in [-0.15, -0.1) is 0 Å². The van der Waals surface area contributed by atoms with Crippen molar-refractivity contribution in [2.24, 2.45) is 23.5 Å². The Morgan fingerprint density at radius 2 is 1.90 bits per heavy atom. The molecule has 1 aromatic heterocycles. The standard InChI is InChI=1S/C21H25F3N4O/c1-12-8-13(9-17(29)18(25)14-2-3-14)11-28(10-12)16-5-4-15(21(22,23)24)19-20(16)27-7-6-26-19/h4-7,12-14,18H,2-3,8-11,25H2,1H3/t12-,13-,18?/m0/s1. The van der Waals surface area contributed by atoms with Crippen molar-refractivity contribution in [2.45, 2.75) is 44.8 Å². The molecule has 2 aromatic rings. The molecule has 156 valence electrons. The van der Waals surface area contributed by atoms with Gasteiger partial charge >= 0.3 is 6.18 Å². The third kappa shape index (κ3) is 4.22. The summed E-state index contributed by atoms with van der Waals surface area (Å²) in [6.45, 7) is 3.41. The molecule has 8 heteroatoms. The lowest BCUT2D eigenvalue weighted by atomic mass is 9.85. The zero-order chi connectivity index (χ0) is 20.8. The summed E-state index contributed by atoms with van der Waals surface area (Å²) in [5.74, 6) is 0.871. The summed E-state index contributed by atoms with van der Waals surface area (Å²) in [4.78, 5) is 22.7. The number of hydrogen-bond donors (Lipinski definition) is 1. The molecule has 1 saturated carbocycles. The minimum Gasteiger partial charge on any atom is -0.369 e. The number of anilines is 1. The van der Waals surface area contributed by atoms with E-state index >= 15 is 0 Å². The smallest absolute Gasteiger partial charge is 0.369 e. The van der Waals surface area contributed by atoms with E-state index in [1.807, 2.05) is 4.90 Å². The van der Waals surface area contributed by atoms with E-state index in [9.17, 15) is 18.0 Å². The Hall–Kier alpha value is -2.22. The van der Waals surface area contributed by atoms with Crippen LogP contribution >= 0.6 is 0 Å². The molecule has 2 fully saturated rings. The number of Topliss-reactive ketones (excluding diaryl/α,β-unsaturated/α-hetero) is 1. The number of carbonyl (C=O) groups is 1. The first-order valence-electron chi connectivity index (χ1n) is 10.1. The van der Waals surface area contributed by atoms with Gasteiger partial charge in [0.05, 0.1) is 17.3 Å². The second-order valence-corrected chi connectivity index (χ2v) is 8.53. The van der Waals surface area contributed by atoms with Crippen LogP contribution in [0.2, 0.25) is 0 Å². The molecule has 1 aliphatic heterocycles.